The van der Waals surface area contributed by atoms with E-state index in [1.807, 2.05) is 0 Å². The summed E-state index contributed by atoms with van der Waals surface area (Å²) in [7, 11) is 0. The van der Waals surface area contributed by atoms with Crippen LogP contribution >= 0.6 is 23.2 Å². The normalized spacial score (nSPS) is 14.5. The molecule has 0 radical (unpaired) electrons. The highest BCUT2D eigenvalue weighted by Crippen LogP contribution is 2.45. The van der Waals surface area contributed by atoms with Crippen molar-refractivity contribution in [3.05, 3.63) is 98.9 Å². The first kappa shape index (κ1) is 24.5. The molecule has 0 aliphatic carbocycles. The number of allylic oxidation sites excluding steroid dienone is 1. The number of esters is 1. The SMILES string of the molecule is CCCCOc1ccc(C(=O)Oc2ccc3c(c2)OC(N)=C(C#N)C3c2ccc(Cl)cc2Cl)cc1. The molecule has 3 aromatic carbocycles. The highest BCUT2D eigenvalue weighted by atomic mass is 35.5. The van der Waals surface area contributed by atoms with Gasteiger partial charge in [0.15, 0.2) is 0 Å². The van der Waals surface area contributed by atoms with Crippen molar-refractivity contribution in [1.29, 1.82) is 5.26 Å². The van der Waals surface area contributed by atoms with Gasteiger partial charge < -0.3 is 19.9 Å². The lowest BCUT2D eigenvalue weighted by Crippen LogP contribution is -2.21. The van der Waals surface area contributed by atoms with Crippen molar-refractivity contribution < 1.29 is 19.0 Å². The lowest BCUT2D eigenvalue weighted by Gasteiger charge is -2.27. The van der Waals surface area contributed by atoms with Crippen molar-refractivity contribution in [2.24, 2.45) is 5.73 Å². The van der Waals surface area contributed by atoms with E-state index in [-0.39, 0.29) is 17.2 Å². The Balaban J connectivity index is 1.58. The Morgan fingerprint density at radius 3 is 2.46 bits per heavy atom. The second-order valence-corrected chi connectivity index (χ2v) is 8.75. The first-order valence-electron chi connectivity index (χ1n) is 11.0. The smallest absolute Gasteiger partial charge is 0.343 e. The van der Waals surface area contributed by atoms with Crippen LogP contribution in [0.1, 0.15) is 47.2 Å². The minimum Gasteiger partial charge on any atom is -0.494 e. The highest BCUT2D eigenvalue weighted by molar-refractivity contribution is 6.35. The van der Waals surface area contributed by atoms with E-state index in [4.69, 9.17) is 43.1 Å². The van der Waals surface area contributed by atoms with Crippen molar-refractivity contribution in [3.63, 3.8) is 0 Å². The summed E-state index contributed by atoms with van der Waals surface area (Å²) in [5.41, 5.74) is 7.98. The van der Waals surface area contributed by atoms with Gasteiger partial charge in [-0.15, -0.1) is 0 Å². The number of halogens is 2. The fourth-order valence-electron chi connectivity index (χ4n) is 3.74. The summed E-state index contributed by atoms with van der Waals surface area (Å²) in [4.78, 5) is 12.7. The molecule has 3 aromatic rings. The van der Waals surface area contributed by atoms with Crippen LogP contribution in [-0.2, 0) is 0 Å². The number of nitrogens with two attached hydrogens (primary N) is 1. The monoisotopic (exact) mass is 508 g/mol. The molecule has 0 aromatic heterocycles. The van der Waals surface area contributed by atoms with Gasteiger partial charge in [0, 0.05) is 21.7 Å². The Morgan fingerprint density at radius 2 is 1.77 bits per heavy atom. The van der Waals surface area contributed by atoms with Gasteiger partial charge in [0.05, 0.1) is 18.1 Å². The van der Waals surface area contributed by atoms with E-state index in [0.717, 1.165) is 12.8 Å². The zero-order chi connectivity index (χ0) is 24.9. The Morgan fingerprint density at radius 1 is 1.06 bits per heavy atom. The zero-order valence-electron chi connectivity index (χ0n) is 18.9. The number of rotatable bonds is 7. The number of carbonyl (C=O) groups is 1. The van der Waals surface area contributed by atoms with E-state index >= 15 is 0 Å². The standard InChI is InChI=1S/C27H22Cl2N2O4/c1-2-3-12-33-18-7-4-16(5-8-18)27(32)34-19-9-11-21-24(14-19)35-26(31)22(15-30)25(21)20-10-6-17(28)13-23(20)29/h4-11,13-14,25H,2-3,12,31H2,1H3. The van der Waals surface area contributed by atoms with Crippen LogP contribution in [0.3, 0.4) is 0 Å². The van der Waals surface area contributed by atoms with Gasteiger partial charge in [-0.2, -0.15) is 5.26 Å². The summed E-state index contributed by atoms with van der Waals surface area (Å²) in [6.45, 7) is 2.72. The third-order valence-electron chi connectivity index (χ3n) is 5.53. The fourth-order valence-corrected chi connectivity index (χ4v) is 4.26. The second-order valence-electron chi connectivity index (χ2n) is 7.91. The Labute approximate surface area is 213 Å². The average Bonchev–Trinajstić information content (AvgIpc) is 2.84. The van der Waals surface area contributed by atoms with Crippen molar-refractivity contribution in [2.75, 3.05) is 6.61 Å². The molecule has 1 aliphatic heterocycles. The molecular formula is C27H22Cl2N2O4. The lowest BCUT2D eigenvalue weighted by molar-refractivity contribution is 0.0734. The van der Waals surface area contributed by atoms with E-state index in [1.165, 1.54) is 0 Å². The maximum atomic E-state index is 12.7. The predicted octanol–water partition coefficient (Wildman–Crippen LogP) is 6.61. The number of benzene rings is 3. The zero-order valence-corrected chi connectivity index (χ0v) is 20.4. The summed E-state index contributed by atoms with van der Waals surface area (Å²) in [5.74, 6) is 0.199. The molecule has 1 heterocycles. The van der Waals surface area contributed by atoms with Crippen LogP contribution < -0.4 is 19.9 Å². The van der Waals surface area contributed by atoms with Crippen LogP contribution in [0.2, 0.25) is 10.0 Å². The second kappa shape index (κ2) is 10.7. The van der Waals surface area contributed by atoms with E-state index in [1.54, 1.807) is 60.7 Å². The van der Waals surface area contributed by atoms with Gasteiger partial charge in [-0.1, -0.05) is 48.7 Å². The Bertz CT molecular complexity index is 1330. The molecule has 0 fully saturated rings. The average molecular weight is 509 g/mol. The van der Waals surface area contributed by atoms with Crippen LogP contribution in [-0.4, -0.2) is 12.6 Å². The number of hydrogen-bond donors (Lipinski definition) is 1. The molecule has 4 rings (SSSR count). The minimum atomic E-state index is -0.557. The van der Waals surface area contributed by atoms with Gasteiger partial charge in [0.2, 0.25) is 5.88 Å². The van der Waals surface area contributed by atoms with Crippen LogP contribution in [0.15, 0.2) is 72.1 Å². The summed E-state index contributed by atoms with van der Waals surface area (Å²) < 4.78 is 16.9. The highest BCUT2D eigenvalue weighted by Gasteiger charge is 2.32. The number of nitrogens with zero attached hydrogens (tertiary/aromatic N) is 1. The van der Waals surface area contributed by atoms with E-state index in [2.05, 4.69) is 13.0 Å². The number of unbranched alkanes of at least 4 members (excludes halogenated alkanes) is 1. The first-order chi connectivity index (χ1) is 16.9. The van der Waals surface area contributed by atoms with Gasteiger partial charge in [-0.05, 0) is 54.4 Å². The van der Waals surface area contributed by atoms with Crippen molar-refractivity contribution >= 4 is 29.2 Å². The number of carbonyl (C=O) groups excluding carboxylic acids is 1. The van der Waals surface area contributed by atoms with Gasteiger partial charge in [-0.25, -0.2) is 4.79 Å². The van der Waals surface area contributed by atoms with Crippen LogP contribution in [0.4, 0.5) is 0 Å². The van der Waals surface area contributed by atoms with Gasteiger partial charge in [0.25, 0.3) is 0 Å². The number of ether oxygens (including phenoxy) is 3. The summed E-state index contributed by atoms with van der Waals surface area (Å²) in [6.07, 6.45) is 2.01. The molecule has 35 heavy (non-hydrogen) atoms. The first-order valence-corrected chi connectivity index (χ1v) is 11.8. The number of hydrogen-bond acceptors (Lipinski definition) is 6. The quantitative estimate of drug-likeness (QED) is 0.219. The van der Waals surface area contributed by atoms with Gasteiger partial charge >= 0.3 is 5.97 Å². The summed E-state index contributed by atoms with van der Waals surface area (Å²) in [6, 6.07) is 18.9. The summed E-state index contributed by atoms with van der Waals surface area (Å²) in [5, 5.41) is 10.6. The number of nitriles is 1. The molecule has 0 bridgehead atoms. The molecule has 1 aliphatic rings. The van der Waals surface area contributed by atoms with Gasteiger partial charge in [0.1, 0.15) is 28.9 Å². The molecule has 1 atom stereocenters. The van der Waals surface area contributed by atoms with Gasteiger partial charge in [-0.3, -0.25) is 0 Å². The molecule has 178 valence electrons. The Hall–Kier alpha value is -3.66. The molecule has 1 unspecified atom stereocenters. The van der Waals surface area contributed by atoms with Crippen LogP contribution in [0.5, 0.6) is 17.2 Å². The maximum absolute atomic E-state index is 12.7. The third-order valence-corrected chi connectivity index (χ3v) is 6.09. The Kier molecular flexibility index (Phi) is 7.50. The lowest BCUT2D eigenvalue weighted by atomic mass is 9.83. The molecule has 6 nitrogen and oxygen atoms in total. The molecule has 0 saturated carbocycles. The predicted molar refractivity (Wildman–Crippen MR) is 134 cm³/mol. The number of fused-ring (bicyclic) bond motifs is 1. The van der Waals surface area contributed by atoms with E-state index < -0.39 is 11.9 Å². The summed E-state index contributed by atoms with van der Waals surface area (Å²) >= 11 is 12.5. The molecular weight excluding hydrogens is 487 g/mol. The van der Waals surface area contributed by atoms with Crippen molar-refractivity contribution in [3.8, 4) is 23.3 Å². The largest absolute Gasteiger partial charge is 0.494 e. The molecule has 0 saturated heterocycles. The molecule has 0 spiro atoms. The van der Waals surface area contributed by atoms with Crippen molar-refractivity contribution in [1.82, 2.24) is 0 Å². The molecule has 8 heteroatoms. The van der Waals surface area contributed by atoms with E-state index in [0.29, 0.717) is 44.8 Å². The molecule has 2 N–H and O–H groups in total. The van der Waals surface area contributed by atoms with E-state index in [9.17, 15) is 10.1 Å². The van der Waals surface area contributed by atoms with Crippen molar-refractivity contribution in [2.45, 2.75) is 25.7 Å². The maximum Gasteiger partial charge on any atom is 0.343 e. The van der Waals surface area contributed by atoms with Crippen LogP contribution in [0.25, 0.3) is 0 Å². The fraction of sp³-hybridized carbons (Fsp3) is 0.185. The molecule has 0 amide bonds. The minimum absolute atomic E-state index is 0.0434. The topological polar surface area (TPSA) is 94.6 Å². The third kappa shape index (κ3) is 5.37. The van der Waals surface area contributed by atoms with Crippen LogP contribution in [0, 0.1) is 11.3 Å².